The second kappa shape index (κ2) is 8.80. The van der Waals surface area contributed by atoms with Gasteiger partial charge in [0, 0.05) is 11.4 Å². The van der Waals surface area contributed by atoms with Crippen LogP contribution < -0.4 is 4.72 Å². The van der Waals surface area contributed by atoms with Gasteiger partial charge in [-0.3, -0.25) is 0 Å². The normalized spacial score (nSPS) is 13.3. The number of nitrogens with one attached hydrogen (secondary N) is 1. The van der Waals surface area contributed by atoms with Crippen LogP contribution in [0.3, 0.4) is 0 Å². The standard InChI is InChI=1S/C15H24BrNO2S/c1-3-4-5-6-7-13(2)17-20(18,19)15-10-8-14(12-16)9-11-15/h8-11,13,17H,3-7,12H2,1-2H3. The van der Waals surface area contributed by atoms with Crippen molar-refractivity contribution in [1.29, 1.82) is 0 Å². The monoisotopic (exact) mass is 361 g/mol. The third-order valence-corrected chi connectivity index (χ3v) is 5.49. The highest BCUT2D eigenvalue weighted by molar-refractivity contribution is 9.08. The molecule has 1 unspecified atom stereocenters. The summed E-state index contributed by atoms with van der Waals surface area (Å²) < 4.78 is 27.2. The van der Waals surface area contributed by atoms with E-state index in [1.807, 2.05) is 19.1 Å². The van der Waals surface area contributed by atoms with Gasteiger partial charge < -0.3 is 0 Å². The molecule has 0 aliphatic heterocycles. The van der Waals surface area contributed by atoms with Crippen LogP contribution >= 0.6 is 15.9 Å². The molecule has 0 saturated heterocycles. The van der Waals surface area contributed by atoms with Crippen LogP contribution in [0.1, 0.15) is 51.5 Å². The molecule has 0 bridgehead atoms. The fourth-order valence-corrected chi connectivity index (χ4v) is 3.68. The highest BCUT2D eigenvalue weighted by Crippen LogP contribution is 2.14. The van der Waals surface area contributed by atoms with Gasteiger partial charge in [0.05, 0.1) is 4.90 Å². The second-order valence-electron chi connectivity index (χ2n) is 5.15. The molecule has 20 heavy (non-hydrogen) atoms. The molecule has 0 fully saturated rings. The van der Waals surface area contributed by atoms with Crippen LogP contribution in [0.5, 0.6) is 0 Å². The van der Waals surface area contributed by atoms with Crippen LogP contribution in [0.25, 0.3) is 0 Å². The number of unbranched alkanes of at least 4 members (excludes halogenated alkanes) is 3. The van der Waals surface area contributed by atoms with Gasteiger partial charge in [-0.1, -0.05) is 60.7 Å². The Balaban J connectivity index is 2.55. The van der Waals surface area contributed by atoms with Crippen molar-refractivity contribution in [3.05, 3.63) is 29.8 Å². The molecule has 0 heterocycles. The van der Waals surface area contributed by atoms with E-state index in [-0.39, 0.29) is 6.04 Å². The molecular formula is C15H24BrNO2S. The van der Waals surface area contributed by atoms with Gasteiger partial charge in [0.15, 0.2) is 0 Å². The number of halogens is 1. The largest absolute Gasteiger partial charge is 0.240 e. The fraction of sp³-hybridized carbons (Fsp3) is 0.600. The summed E-state index contributed by atoms with van der Waals surface area (Å²) >= 11 is 3.35. The Kier molecular flexibility index (Phi) is 7.77. The zero-order valence-electron chi connectivity index (χ0n) is 12.2. The summed E-state index contributed by atoms with van der Waals surface area (Å²) in [6.45, 7) is 4.10. The molecular weight excluding hydrogens is 338 g/mol. The van der Waals surface area contributed by atoms with E-state index in [1.54, 1.807) is 12.1 Å². The summed E-state index contributed by atoms with van der Waals surface area (Å²) in [6, 6.07) is 6.95. The van der Waals surface area contributed by atoms with Gasteiger partial charge in [-0.05, 0) is 31.0 Å². The quantitative estimate of drug-likeness (QED) is 0.528. The van der Waals surface area contributed by atoms with Crippen LogP contribution in [0, 0.1) is 0 Å². The minimum Gasteiger partial charge on any atom is -0.208 e. The summed E-state index contributed by atoms with van der Waals surface area (Å²) in [7, 11) is -3.39. The molecule has 3 nitrogen and oxygen atoms in total. The SMILES string of the molecule is CCCCCCC(C)NS(=O)(=O)c1ccc(CBr)cc1. The first-order valence-electron chi connectivity index (χ1n) is 7.17. The van der Waals surface area contributed by atoms with Crippen LogP contribution in [0.15, 0.2) is 29.2 Å². The molecule has 0 aliphatic carbocycles. The summed E-state index contributed by atoms with van der Waals surface area (Å²) in [4.78, 5) is 0.336. The molecule has 1 N–H and O–H groups in total. The van der Waals surface area contributed by atoms with Crippen molar-refractivity contribution < 1.29 is 8.42 Å². The van der Waals surface area contributed by atoms with Crippen molar-refractivity contribution in [2.75, 3.05) is 0 Å². The Morgan fingerprint density at radius 3 is 2.35 bits per heavy atom. The van der Waals surface area contributed by atoms with Crippen LogP contribution in [0.2, 0.25) is 0 Å². The van der Waals surface area contributed by atoms with Crippen molar-refractivity contribution in [2.24, 2.45) is 0 Å². The van der Waals surface area contributed by atoms with Gasteiger partial charge in [-0.2, -0.15) is 0 Å². The van der Waals surface area contributed by atoms with Gasteiger partial charge in [-0.25, -0.2) is 13.1 Å². The topological polar surface area (TPSA) is 46.2 Å². The minimum atomic E-state index is -3.39. The van der Waals surface area contributed by atoms with Crippen LogP contribution in [-0.4, -0.2) is 14.5 Å². The Morgan fingerprint density at radius 1 is 1.15 bits per heavy atom. The summed E-state index contributed by atoms with van der Waals surface area (Å²) in [5, 5.41) is 0.731. The van der Waals surface area contributed by atoms with E-state index >= 15 is 0 Å². The maximum atomic E-state index is 12.2. The van der Waals surface area contributed by atoms with Crippen molar-refractivity contribution in [3.63, 3.8) is 0 Å². The predicted molar refractivity (Wildman–Crippen MR) is 87.6 cm³/mol. The molecule has 1 atom stereocenters. The Labute approximate surface area is 131 Å². The van der Waals surface area contributed by atoms with E-state index in [0.29, 0.717) is 4.90 Å². The maximum absolute atomic E-state index is 12.2. The predicted octanol–water partition coefficient (Wildman–Crippen LogP) is 4.22. The third-order valence-electron chi connectivity index (χ3n) is 3.23. The van der Waals surface area contributed by atoms with Crippen molar-refractivity contribution in [3.8, 4) is 0 Å². The van der Waals surface area contributed by atoms with Crippen LogP contribution in [0.4, 0.5) is 0 Å². The lowest BCUT2D eigenvalue weighted by Crippen LogP contribution is -2.32. The Morgan fingerprint density at radius 2 is 1.80 bits per heavy atom. The number of sulfonamides is 1. The molecule has 1 rings (SSSR count). The average Bonchev–Trinajstić information content (AvgIpc) is 2.43. The lowest BCUT2D eigenvalue weighted by Gasteiger charge is -2.14. The number of rotatable bonds is 9. The minimum absolute atomic E-state index is 0.0206. The first-order valence-corrected chi connectivity index (χ1v) is 9.77. The van der Waals surface area contributed by atoms with Crippen molar-refractivity contribution in [2.45, 2.75) is 62.2 Å². The molecule has 1 aromatic carbocycles. The number of benzene rings is 1. The lowest BCUT2D eigenvalue weighted by molar-refractivity contribution is 0.522. The van der Waals surface area contributed by atoms with Gasteiger partial charge >= 0.3 is 0 Å². The molecule has 114 valence electrons. The molecule has 0 saturated carbocycles. The Bertz CT molecular complexity index is 485. The van der Waals surface area contributed by atoms with E-state index in [9.17, 15) is 8.42 Å². The van der Waals surface area contributed by atoms with Crippen molar-refractivity contribution >= 4 is 26.0 Å². The number of hydrogen-bond acceptors (Lipinski definition) is 2. The van der Waals surface area contributed by atoms with Gasteiger partial charge in [0.1, 0.15) is 0 Å². The fourth-order valence-electron chi connectivity index (χ4n) is 2.03. The summed E-state index contributed by atoms with van der Waals surface area (Å²) in [5.74, 6) is 0. The number of hydrogen-bond donors (Lipinski definition) is 1. The van der Waals surface area contributed by atoms with Gasteiger partial charge in [-0.15, -0.1) is 0 Å². The Hall–Kier alpha value is -0.390. The first kappa shape index (κ1) is 17.7. The second-order valence-corrected chi connectivity index (χ2v) is 7.42. The van der Waals surface area contributed by atoms with E-state index in [0.717, 1.165) is 23.7 Å². The molecule has 0 amide bonds. The summed E-state index contributed by atoms with van der Waals surface area (Å²) in [5.41, 5.74) is 1.07. The van der Waals surface area contributed by atoms with E-state index in [1.165, 1.54) is 19.3 Å². The zero-order valence-corrected chi connectivity index (χ0v) is 14.6. The number of alkyl halides is 1. The van der Waals surface area contributed by atoms with Gasteiger partial charge in [0.2, 0.25) is 10.0 Å². The molecule has 5 heteroatoms. The summed E-state index contributed by atoms with van der Waals surface area (Å²) in [6.07, 6.45) is 5.54. The van der Waals surface area contributed by atoms with Gasteiger partial charge in [0.25, 0.3) is 0 Å². The highest BCUT2D eigenvalue weighted by Gasteiger charge is 2.16. The maximum Gasteiger partial charge on any atom is 0.240 e. The van der Waals surface area contributed by atoms with Crippen molar-refractivity contribution in [1.82, 2.24) is 4.72 Å². The molecule has 0 aromatic heterocycles. The van der Waals surface area contributed by atoms with Crippen LogP contribution in [-0.2, 0) is 15.4 Å². The molecule has 0 spiro atoms. The lowest BCUT2D eigenvalue weighted by atomic mass is 10.1. The van der Waals surface area contributed by atoms with E-state index in [2.05, 4.69) is 27.6 Å². The molecule has 1 aromatic rings. The zero-order chi connectivity index (χ0) is 15.0. The molecule has 0 radical (unpaired) electrons. The smallest absolute Gasteiger partial charge is 0.208 e. The average molecular weight is 362 g/mol. The third kappa shape index (κ3) is 5.94. The van der Waals surface area contributed by atoms with E-state index in [4.69, 9.17) is 0 Å². The molecule has 0 aliphatic rings. The van der Waals surface area contributed by atoms with E-state index < -0.39 is 10.0 Å². The highest BCUT2D eigenvalue weighted by atomic mass is 79.9. The first-order chi connectivity index (χ1) is 9.49.